The zero-order valence-corrected chi connectivity index (χ0v) is 11.9. The molecule has 0 unspecified atom stereocenters. The van der Waals surface area contributed by atoms with Gasteiger partial charge in [0.2, 0.25) is 0 Å². The molecule has 1 amide bonds. The summed E-state index contributed by atoms with van der Waals surface area (Å²) in [6.07, 6.45) is 2.85. The van der Waals surface area contributed by atoms with E-state index in [0.717, 1.165) is 11.0 Å². The number of hydrazone groups is 1. The second-order valence-corrected chi connectivity index (χ2v) is 4.73. The van der Waals surface area contributed by atoms with E-state index in [2.05, 4.69) is 20.5 Å². The fourth-order valence-electron chi connectivity index (χ4n) is 2.11. The van der Waals surface area contributed by atoms with Crippen molar-refractivity contribution in [3.8, 4) is 0 Å². The fraction of sp³-hybridized carbons (Fsp3) is 0. The number of aromatic amines is 1. The number of nitrogens with zero attached hydrogens (tertiary/aromatic N) is 2. The quantitative estimate of drug-likeness (QED) is 0.506. The Morgan fingerprint density at radius 1 is 1.22 bits per heavy atom. The average molecular weight is 308 g/mol. The Morgan fingerprint density at radius 3 is 2.87 bits per heavy atom. The Balaban J connectivity index is 1.75. The van der Waals surface area contributed by atoms with Crippen LogP contribution >= 0.6 is 0 Å². The summed E-state index contributed by atoms with van der Waals surface area (Å²) in [5.41, 5.74) is 4.83. The van der Waals surface area contributed by atoms with Crippen molar-refractivity contribution in [1.29, 1.82) is 0 Å². The number of fused-ring (bicyclic) bond motifs is 1. The number of hydrogen-bond donors (Lipinski definition) is 3. The minimum Gasteiger partial charge on any atom is -0.478 e. The highest BCUT2D eigenvalue weighted by Crippen LogP contribution is 2.11. The number of amides is 1. The largest absolute Gasteiger partial charge is 0.478 e. The molecule has 0 aliphatic rings. The van der Waals surface area contributed by atoms with Crippen LogP contribution in [-0.4, -0.2) is 33.2 Å². The summed E-state index contributed by atoms with van der Waals surface area (Å²) in [7, 11) is 0. The lowest BCUT2D eigenvalue weighted by molar-refractivity contribution is 0.0696. The number of carbonyl (C=O) groups is 2. The molecule has 3 rings (SSSR count). The van der Waals surface area contributed by atoms with Gasteiger partial charge in [0.1, 0.15) is 0 Å². The topological polar surface area (TPSA) is 107 Å². The van der Waals surface area contributed by atoms with Gasteiger partial charge in [-0.05, 0) is 24.3 Å². The second-order valence-electron chi connectivity index (χ2n) is 4.73. The lowest BCUT2D eigenvalue weighted by Gasteiger charge is -2.01. The summed E-state index contributed by atoms with van der Waals surface area (Å²) < 4.78 is 0. The van der Waals surface area contributed by atoms with E-state index in [1.165, 1.54) is 12.3 Å². The minimum absolute atomic E-state index is 0.115. The number of carbonyl (C=O) groups excluding carboxylic acids is 1. The molecule has 0 fully saturated rings. The van der Waals surface area contributed by atoms with Gasteiger partial charge in [-0.25, -0.2) is 15.2 Å². The van der Waals surface area contributed by atoms with Gasteiger partial charge in [0, 0.05) is 11.1 Å². The highest BCUT2D eigenvalue weighted by atomic mass is 16.4. The van der Waals surface area contributed by atoms with Crippen LogP contribution in [0, 0.1) is 0 Å². The van der Waals surface area contributed by atoms with E-state index in [0.29, 0.717) is 11.1 Å². The van der Waals surface area contributed by atoms with Crippen LogP contribution in [0.2, 0.25) is 0 Å². The smallest absolute Gasteiger partial charge is 0.336 e. The van der Waals surface area contributed by atoms with E-state index in [1.807, 2.05) is 0 Å². The monoisotopic (exact) mass is 308 g/mol. The van der Waals surface area contributed by atoms with Crippen LogP contribution in [0.25, 0.3) is 11.0 Å². The number of nitrogens with one attached hydrogen (secondary N) is 2. The fourth-order valence-corrected chi connectivity index (χ4v) is 2.11. The SMILES string of the molecule is O=C(N/N=C/c1ccccc1C(=O)O)c1ccc2nc[nH]c2c1. The first-order valence-corrected chi connectivity index (χ1v) is 6.74. The second kappa shape index (κ2) is 6.10. The van der Waals surface area contributed by atoms with E-state index < -0.39 is 11.9 Å². The van der Waals surface area contributed by atoms with Gasteiger partial charge in [-0.3, -0.25) is 4.79 Å². The number of benzene rings is 2. The first kappa shape index (κ1) is 14.5. The van der Waals surface area contributed by atoms with Gasteiger partial charge in [-0.1, -0.05) is 18.2 Å². The standard InChI is InChI=1S/C16H12N4O3/c21-15(10-5-6-13-14(7-10)18-9-17-13)20-19-8-11-3-1-2-4-12(11)16(22)23/h1-9H,(H,17,18)(H,20,21)(H,22,23)/b19-8+. The zero-order chi connectivity index (χ0) is 16.2. The lowest BCUT2D eigenvalue weighted by Crippen LogP contribution is -2.17. The third kappa shape index (κ3) is 3.08. The number of hydrogen-bond acceptors (Lipinski definition) is 4. The van der Waals surface area contributed by atoms with Gasteiger partial charge in [-0.15, -0.1) is 0 Å². The van der Waals surface area contributed by atoms with E-state index in [1.54, 1.807) is 42.7 Å². The summed E-state index contributed by atoms with van der Waals surface area (Å²) >= 11 is 0. The molecule has 114 valence electrons. The molecule has 3 aromatic rings. The number of carboxylic acid groups (broad SMARTS) is 1. The number of aromatic carboxylic acids is 1. The molecule has 2 aromatic carbocycles. The Kier molecular flexibility index (Phi) is 3.84. The van der Waals surface area contributed by atoms with E-state index >= 15 is 0 Å². The van der Waals surface area contributed by atoms with Crippen LogP contribution < -0.4 is 5.43 Å². The molecule has 1 heterocycles. The summed E-state index contributed by atoms with van der Waals surface area (Å²) in [4.78, 5) is 30.1. The summed E-state index contributed by atoms with van der Waals surface area (Å²) in [6.45, 7) is 0. The number of aromatic nitrogens is 2. The summed E-state index contributed by atoms with van der Waals surface area (Å²) in [5, 5.41) is 12.9. The average Bonchev–Trinajstić information content (AvgIpc) is 3.02. The molecule has 0 bridgehead atoms. The number of rotatable bonds is 4. The van der Waals surface area contributed by atoms with Crippen LogP contribution in [0.4, 0.5) is 0 Å². The van der Waals surface area contributed by atoms with Crippen molar-refractivity contribution < 1.29 is 14.7 Å². The Bertz CT molecular complexity index is 914. The predicted molar refractivity (Wildman–Crippen MR) is 84.6 cm³/mol. The number of H-pyrrole nitrogens is 1. The lowest BCUT2D eigenvalue weighted by atomic mass is 10.1. The van der Waals surface area contributed by atoms with E-state index in [9.17, 15) is 9.59 Å². The van der Waals surface area contributed by atoms with Crippen molar-refractivity contribution in [3.63, 3.8) is 0 Å². The molecule has 0 saturated carbocycles. The van der Waals surface area contributed by atoms with Crippen molar-refractivity contribution in [1.82, 2.24) is 15.4 Å². The molecule has 3 N–H and O–H groups in total. The van der Waals surface area contributed by atoms with Crippen molar-refractivity contribution in [3.05, 3.63) is 65.5 Å². The molecule has 0 aliphatic carbocycles. The summed E-state index contributed by atoms with van der Waals surface area (Å²) in [6, 6.07) is 11.4. The zero-order valence-electron chi connectivity index (χ0n) is 11.9. The molecule has 7 nitrogen and oxygen atoms in total. The molecule has 23 heavy (non-hydrogen) atoms. The molecule has 1 aromatic heterocycles. The molecule has 0 aliphatic heterocycles. The molecule has 0 radical (unpaired) electrons. The first-order valence-electron chi connectivity index (χ1n) is 6.74. The number of carboxylic acids is 1. The molecule has 0 spiro atoms. The van der Waals surface area contributed by atoms with Crippen LogP contribution in [0.3, 0.4) is 0 Å². The van der Waals surface area contributed by atoms with Crippen molar-refractivity contribution in [2.45, 2.75) is 0 Å². The Morgan fingerprint density at radius 2 is 2.04 bits per heavy atom. The molecule has 0 saturated heterocycles. The molecular formula is C16H12N4O3. The maximum Gasteiger partial charge on any atom is 0.336 e. The minimum atomic E-state index is -1.05. The van der Waals surface area contributed by atoms with Crippen LogP contribution in [0.1, 0.15) is 26.3 Å². The number of imidazole rings is 1. The van der Waals surface area contributed by atoms with Gasteiger partial charge in [0.15, 0.2) is 0 Å². The predicted octanol–water partition coefficient (Wildman–Crippen LogP) is 2.02. The third-order valence-electron chi connectivity index (χ3n) is 3.24. The van der Waals surface area contributed by atoms with E-state index in [4.69, 9.17) is 5.11 Å². The summed E-state index contributed by atoms with van der Waals surface area (Å²) in [5.74, 6) is -1.45. The first-order chi connectivity index (χ1) is 11.1. The highest BCUT2D eigenvalue weighted by molar-refractivity contribution is 6.00. The van der Waals surface area contributed by atoms with Crippen LogP contribution in [0.15, 0.2) is 53.9 Å². The van der Waals surface area contributed by atoms with Crippen molar-refractivity contribution in [2.75, 3.05) is 0 Å². The maximum absolute atomic E-state index is 12.0. The van der Waals surface area contributed by atoms with Gasteiger partial charge < -0.3 is 10.1 Å². The van der Waals surface area contributed by atoms with Crippen molar-refractivity contribution >= 4 is 29.1 Å². The normalized spacial score (nSPS) is 11.0. The van der Waals surface area contributed by atoms with Gasteiger partial charge in [0.05, 0.1) is 29.1 Å². The van der Waals surface area contributed by atoms with Crippen LogP contribution in [0.5, 0.6) is 0 Å². The molecule has 0 atom stereocenters. The van der Waals surface area contributed by atoms with Gasteiger partial charge >= 0.3 is 5.97 Å². The van der Waals surface area contributed by atoms with Crippen LogP contribution in [-0.2, 0) is 0 Å². The third-order valence-corrected chi connectivity index (χ3v) is 3.24. The molecule has 7 heteroatoms. The Labute approximate surface area is 130 Å². The molecular weight excluding hydrogens is 296 g/mol. The highest BCUT2D eigenvalue weighted by Gasteiger charge is 2.08. The van der Waals surface area contributed by atoms with Gasteiger partial charge in [-0.2, -0.15) is 5.10 Å². The van der Waals surface area contributed by atoms with E-state index in [-0.39, 0.29) is 5.56 Å². The Hall–Kier alpha value is -3.48. The van der Waals surface area contributed by atoms with Crippen molar-refractivity contribution in [2.24, 2.45) is 5.10 Å². The maximum atomic E-state index is 12.0. The van der Waals surface area contributed by atoms with Gasteiger partial charge in [0.25, 0.3) is 5.91 Å².